The molecule has 0 spiro atoms. The van der Waals surface area contributed by atoms with Gasteiger partial charge in [0, 0.05) is 40.4 Å². The number of ether oxygens (including phenoxy) is 3. The lowest BCUT2D eigenvalue weighted by Gasteiger charge is -2.34. The average molecular weight is 479 g/mol. The molecule has 3 aliphatic rings. The Morgan fingerprint density at radius 2 is 1.67 bits per heavy atom. The van der Waals surface area contributed by atoms with Gasteiger partial charge < -0.3 is 19.1 Å². The van der Waals surface area contributed by atoms with E-state index in [0.29, 0.717) is 12.2 Å². The van der Waals surface area contributed by atoms with Crippen LogP contribution in [-0.2, 0) is 4.74 Å². The minimum absolute atomic E-state index is 0.124. The third-order valence-electron chi connectivity index (χ3n) is 8.45. The topological polar surface area (TPSA) is 54.7 Å². The third-order valence-corrected chi connectivity index (χ3v) is 8.45. The van der Waals surface area contributed by atoms with Crippen molar-refractivity contribution in [2.75, 3.05) is 18.6 Å². The number of rotatable bonds is 6. The summed E-state index contributed by atoms with van der Waals surface area (Å²) >= 11 is 0. The number of anilines is 1. The van der Waals surface area contributed by atoms with Gasteiger partial charge in [0.2, 0.25) is 0 Å². The van der Waals surface area contributed by atoms with E-state index >= 15 is 0 Å². The van der Waals surface area contributed by atoms with Crippen LogP contribution in [0.25, 0.3) is 10.8 Å². The first-order valence-corrected chi connectivity index (χ1v) is 12.5. The Kier molecular flexibility index (Phi) is 5.14. The van der Waals surface area contributed by atoms with Gasteiger partial charge in [0.15, 0.2) is 11.5 Å². The molecule has 3 aromatic rings. The average Bonchev–Trinajstić information content (AvgIpc) is 3.48. The Bertz CT molecular complexity index is 1440. The summed E-state index contributed by atoms with van der Waals surface area (Å²) in [6.07, 6.45) is 2.71. The van der Waals surface area contributed by atoms with E-state index in [4.69, 9.17) is 14.2 Å². The van der Waals surface area contributed by atoms with Crippen molar-refractivity contribution in [2.45, 2.75) is 37.4 Å². The summed E-state index contributed by atoms with van der Waals surface area (Å²) in [5, 5.41) is 11.6. The first kappa shape index (κ1) is 22.7. The number of nitrogens with zero attached hydrogens (tertiary/aromatic N) is 2. The largest absolute Gasteiger partial charge is 0.493 e. The second-order valence-electron chi connectivity index (χ2n) is 10.3. The van der Waals surface area contributed by atoms with E-state index in [1.54, 1.807) is 7.11 Å². The minimum atomic E-state index is -0.349. The molecule has 0 N–H and O–H groups in total. The van der Waals surface area contributed by atoms with E-state index < -0.39 is 0 Å². The van der Waals surface area contributed by atoms with Crippen LogP contribution in [0.4, 0.5) is 5.69 Å². The molecule has 0 amide bonds. The van der Waals surface area contributed by atoms with Crippen molar-refractivity contribution >= 4 is 16.5 Å². The van der Waals surface area contributed by atoms with Gasteiger partial charge in [-0.15, -0.1) is 0 Å². The zero-order chi connectivity index (χ0) is 25.1. The highest BCUT2D eigenvalue weighted by Crippen LogP contribution is 2.67. The van der Waals surface area contributed by atoms with Gasteiger partial charge in [-0.25, -0.2) is 0 Å². The van der Waals surface area contributed by atoms with Crippen LogP contribution in [0.5, 0.6) is 11.5 Å². The molecular weight excluding hydrogens is 448 g/mol. The molecule has 5 nitrogen and oxygen atoms in total. The number of para-hydroxylation sites is 2. The zero-order valence-electron chi connectivity index (χ0n) is 20.8. The van der Waals surface area contributed by atoms with Crippen molar-refractivity contribution in [2.24, 2.45) is 11.8 Å². The van der Waals surface area contributed by atoms with Crippen LogP contribution < -0.4 is 14.4 Å². The second-order valence-corrected chi connectivity index (χ2v) is 10.3. The van der Waals surface area contributed by atoms with Crippen LogP contribution in [0.15, 0.2) is 85.2 Å². The summed E-state index contributed by atoms with van der Waals surface area (Å²) in [6.45, 7) is 11.9. The van der Waals surface area contributed by atoms with Crippen molar-refractivity contribution < 1.29 is 14.2 Å². The van der Waals surface area contributed by atoms with E-state index in [9.17, 15) is 5.26 Å². The highest BCUT2D eigenvalue weighted by atomic mass is 16.5. The molecule has 3 saturated heterocycles. The molecule has 3 heterocycles. The molecule has 6 rings (SSSR count). The molecule has 3 fully saturated rings. The van der Waals surface area contributed by atoms with E-state index in [1.165, 1.54) is 0 Å². The van der Waals surface area contributed by atoms with Crippen LogP contribution in [0.2, 0.25) is 0 Å². The Morgan fingerprint density at radius 1 is 0.972 bits per heavy atom. The van der Waals surface area contributed by atoms with Gasteiger partial charge in [0.25, 0.3) is 0 Å². The van der Waals surface area contributed by atoms with Gasteiger partial charge in [0.1, 0.15) is 0 Å². The summed E-state index contributed by atoms with van der Waals surface area (Å²) in [7, 11) is 1.66. The molecule has 36 heavy (non-hydrogen) atoms. The molecule has 0 aliphatic carbocycles. The Labute approximate surface area is 212 Å². The maximum absolute atomic E-state index is 9.64. The summed E-state index contributed by atoms with van der Waals surface area (Å²) in [6, 6.07) is 22.0. The quantitative estimate of drug-likeness (QED) is 0.400. The summed E-state index contributed by atoms with van der Waals surface area (Å²) in [5.74, 6) is 1.75. The molecule has 4 atom stereocenters. The van der Waals surface area contributed by atoms with E-state index in [-0.39, 0.29) is 23.0 Å². The van der Waals surface area contributed by atoms with Crippen molar-refractivity contribution in [3.63, 3.8) is 0 Å². The maximum Gasteiger partial charge on any atom is 0.161 e. The molecule has 5 heteroatoms. The summed E-state index contributed by atoms with van der Waals surface area (Å²) < 4.78 is 18.5. The molecule has 0 saturated carbocycles. The van der Waals surface area contributed by atoms with Crippen LogP contribution in [0, 0.1) is 23.2 Å². The van der Waals surface area contributed by atoms with Crippen LogP contribution in [-0.4, -0.2) is 24.9 Å². The lowest BCUT2D eigenvalue weighted by molar-refractivity contribution is -0.0607. The van der Waals surface area contributed by atoms with E-state index in [0.717, 1.165) is 58.6 Å². The first-order chi connectivity index (χ1) is 17.4. The number of fused-ring (bicyclic) bond motifs is 6. The molecule has 182 valence electrons. The highest BCUT2D eigenvalue weighted by Gasteiger charge is 2.69. The van der Waals surface area contributed by atoms with E-state index in [1.807, 2.05) is 54.6 Å². The number of nitriles is 1. The van der Waals surface area contributed by atoms with Crippen molar-refractivity contribution in [3.05, 3.63) is 90.8 Å². The molecule has 0 unspecified atom stereocenters. The Morgan fingerprint density at radius 3 is 2.42 bits per heavy atom. The van der Waals surface area contributed by atoms with Crippen LogP contribution in [0.3, 0.4) is 0 Å². The number of methoxy groups -OCH3 is 1. The maximum atomic E-state index is 9.64. The van der Waals surface area contributed by atoms with Gasteiger partial charge in [-0.05, 0) is 44.0 Å². The number of benzene rings is 3. The minimum Gasteiger partial charge on any atom is -0.493 e. The summed E-state index contributed by atoms with van der Waals surface area (Å²) in [4.78, 5) is 2.22. The SMILES string of the molecule is C=C1[C@@H]2[C@H](C(=C)N1c1ccc(C#N)c3ccccc13)[C@@]1(CCOc3ccccc3OC)CC[C@]2(C)O1. The van der Waals surface area contributed by atoms with E-state index in [2.05, 4.69) is 37.1 Å². The highest BCUT2D eigenvalue weighted by molar-refractivity contribution is 5.99. The lowest BCUT2D eigenvalue weighted by Crippen LogP contribution is -2.39. The lowest BCUT2D eigenvalue weighted by atomic mass is 9.66. The fourth-order valence-electron chi connectivity index (χ4n) is 6.91. The van der Waals surface area contributed by atoms with Crippen molar-refractivity contribution in [3.8, 4) is 17.6 Å². The number of hydrogen-bond donors (Lipinski definition) is 0. The number of hydrogen-bond acceptors (Lipinski definition) is 5. The van der Waals surface area contributed by atoms with Gasteiger partial charge in [-0.2, -0.15) is 5.26 Å². The molecular formula is C31H30N2O3. The van der Waals surface area contributed by atoms with Gasteiger partial charge in [-0.3, -0.25) is 0 Å². The van der Waals surface area contributed by atoms with Gasteiger partial charge >= 0.3 is 0 Å². The normalized spacial score (nSPS) is 28.4. The second kappa shape index (κ2) is 8.15. The predicted octanol–water partition coefficient (Wildman–Crippen LogP) is 6.59. The van der Waals surface area contributed by atoms with Crippen LogP contribution in [0.1, 0.15) is 31.7 Å². The van der Waals surface area contributed by atoms with Crippen molar-refractivity contribution in [1.29, 1.82) is 5.26 Å². The standard InChI is InChI=1S/C31H30N2O3/c1-20-28-29(21(2)33(20)25-14-13-22(19-32)23-9-5-6-10-24(23)25)31(16-15-30(28,3)36-31)17-18-35-27-12-8-7-11-26(27)34-4/h5-14,28-29H,1-2,15-18H2,3-4H3/t28-,29+,30+,31+/m1/s1. The molecule has 3 aromatic carbocycles. The van der Waals surface area contributed by atoms with Gasteiger partial charge in [0.05, 0.1) is 42.2 Å². The Hall–Kier alpha value is -3.75. The van der Waals surface area contributed by atoms with Crippen LogP contribution >= 0.6 is 0 Å². The summed E-state index contributed by atoms with van der Waals surface area (Å²) in [5.41, 5.74) is 3.10. The smallest absolute Gasteiger partial charge is 0.161 e. The Balaban J connectivity index is 1.33. The molecule has 0 radical (unpaired) electrons. The molecule has 2 bridgehead atoms. The monoisotopic (exact) mass is 478 g/mol. The third kappa shape index (κ3) is 3.11. The first-order valence-electron chi connectivity index (χ1n) is 12.5. The fraction of sp³-hybridized carbons (Fsp3) is 0.323. The predicted molar refractivity (Wildman–Crippen MR) is 141 cm³/mol. The fourth-order valence-corrected chi connectivity index (χ4v) is 6.91. The zero-order valence-corrected chi connectivity index (χ0v) is 20.8. The molecule has 3 aliphatic heterocycles. The molecule has 0 aromatic heterocycles. The van der Waals surface area contributed by atoms with Crippen molar-refractivity contribution in [1.82, 2.24) is 0 Å². The van der Waals surface area contributed by atoms with Gasteiger partial charge in [-0.1, -0.05) is 49.6 Å².